The number of rotatable bonds is 1. The number of hydrogen-bond donors (Lipinski definition) is 1. The minimum absolute atomic E-state index is 0.211. The first-order chi connectivity index (χ1) is 9.15. The topological polar surface area (TPSA) is 72.0 Å². The van der Waals surface area contributed by atoms with Crippen LogP contribution in [0, 0.1) is 0 Å². The van der Waals surface area contributed by atoms with Crippen molar-refractivity contribution < 1.29 is 9.59 Å². The summed E-state index contributed by atoms with van der Waals surface area (Å²) in [5, 5.41) is 3.23. The van der Waals surface area contributed by atoms with E-state index in [4.69, 9.17) is 0 Å². The molecule has 96 valence electrons. The summed E-state index contributed by atoms with van der Waals surface area (Å²) in [6, 6.07) is 3.78. The zero-order valence-corrected chi connectivity index (χ0v) is 11.5. The highest BCUT2D eigenvalue weighted by molar-refractivity contribution is 9.10. The molecule has 1 unspecified atom stereocenters. The third-order valence-corrected chi connectivity index (χ3v) is 3.69. The molecule has 5 nitrogen and oxygen atoms in total. The van der Waals surface area contributed by atoms with Crippen molar-refractivity contribution in [3.63, 3.8) is 0 Å². The molecule has 6 heteroatoms. The maximum absolute atomic E-state index is 12.0. The normalized spacial score (nSPS) is 19.5. The van der Waals surface area contributed by atoms with Crippen LogP contribution in [-0.2, 0) is 9.59 Å². The van der Waals surface area contributed by atoms with Crippen molar-refractivity contribution in [1.29, 1.82) is 0 Å². The molecule has 1 N–H and O–H groups in total. The van der Waals surface area contributed by atoms with Gasteiger partial charge in [0.1, 0.15) is 6.33 Å². The van der Waals surface area contributed by atoms with E-state index in [1.165, 1.54) is 6.33 Å². The molecular formula is C13H10BrN3O2. The van der Waals surface area contributed by atoms with Gasteiger partial charge in [0.15, 0.2) is 0 Å². The number of carbonyl (C=O) groups excluding carboxylic acids is 2. The quantitative estimate of drug-likeness (QED) is 0.815. The van der Waals surface area contributed by atoms with Gasteiger partial charge in [-0.3, -0.25) is 14.9 Å². The SMILES string of the molecule is O=C1CCC(c2cc(Br)cc3ncncc23)C(=O)N1. The molecule has 0 aliphatic carbocycles. The molecule has 1 saturated heterocycles. The molecule has 1 aliphatic rings. The highest BCUT2D eigenvalue weighted by Gasteiger charge is 2.29. The minimum Gasteiger partial charge on any atom is -0.296 e. The zero-order chi connectivity index (χ0) is 13.4. The van der Waals surface area contributed by atoms with Crippen molar-refractivity contribution in [3.8, 4) is 0 Å². The van der Waals surface area contributed by atoms with Crippen molar-refractivity contribution in [2.75, 3.05) is 0 Å². The van der Waals surface area contributed by atoms with Gasteiger partial charge in [-0.1, -0.05) is 15.9 Å². The maximum Gasteiger partial charge on any atom is 0.234 e. The fourth-order valence-electron chi connectivity index (χ4n) is 2.35. The summed E-state index contributed by atoms with van der Waals surface area (Å²) in [5.41, 5.74) is 1.64. The van der Waals surface area contributed by atoms with Gasteiger partial charge < -0.3 is 0 Å². The van der Waals surface area contributed by atoms with E-state index >= 15 is 0 Å². The Balaban J connectivity index is 2.14. The number of imide groups is 1. The molecule has 2 aromatic rings. The van der Waals surface area contributed by atoms with E-state index in [1.807, 2.05) is 12.1 Å². The first-order valence-electron chi connectivity index (χ1n) is 5.88. The third kappa shape index (κ3) is 2.23. The van der Waals surface area contributed by atoms with Crippen molar-refractivity contribution in [2.24, 2.45) is 0 Å². The van der Waals surface area contributed by atoms with Gasteiger partial charge in [-0.15, -0.1) is 0 Å². The van der Waals surface area contributed by atoms with E-state index < -0.39 is 0 Å². The summed E-state index contributed by atoms with van der Waals surface area (Å²) in [6.07, 6.45) is 4.06. The number of piperidine rings is 1. The molecule has 0 spiro atoms. The molecule has 0 bridgehead atoms. The lowest BCUT2D eigenvalue weighted by Gasteiger charge is -2.22. The Labute approximate surface area is 117 Å². The Morgan fingerprint density at radius 3 is 2.95 bits per heavy atom. The Morgan fingerprint density at radius 2 is 2.16 bits per heavy atom. The van der Waals surface area contributed by atoms with Gasteiger partial charge in [0.25, 0.3) is 0 Å². The van der Waals surface area contributed by atoms with E-state index in [0.717, 1.165) is 20.9 Å². The molecule has 3 rings (SSSR count). The number of benzene rings is 1. The summed E-state index contributed by atoms with van der Waals surface area (Å²) in [6.45, 7) is 0. The largest absolute Gasteiger partial charge is 0.296 e. The molecule has 19 heavy (non-hydrogen) atoms. The molecule has 1 fully saturated rings. The molecule has 1 atom stereocenters. The second-order valence-corrected chi connectivity index (χ2v) is 5.37. The van der Waals surface area contributed by atoms with Gasteiger partial charge in [0.05, 0.1) is 11.4 Å². The first-order valence-corrected chi connectivity index (χ1v) is 6.67. The van der Waals surface area contributed by atoms with Crippen molar-refractivity contribution in [3.05, 3.63) is 34.7 Å². The smallest absolute Gasteiger partial charge is 0.234 e. The van der Waals surface area contributed by atoms with Gasteiger partial charge in [0, 0.05) is 22.5 Å². The van der Waals surface area contributed by atoms with E-state index in [2.05, 4.69) is 31.2 Å². The van der Waals surface area contributed by atoms with E-state index in [1.54, 1.807) is 6.20 Å². The lowest BCUT2D eigenvalue weighted by Crippen LogP contribution is -2.39. The molecule has 1 aromatic carbocycles. The fraction of sp³-hybridized carbons (Fsp3) is 0.231. The predicted octanol–water partition coefficient (Wildman–Crippen LogP) is 1.91. The second kappa shape index (κ2) is 4.70. The van der Waals surface area contributed by atoms with Crippen LogP contribution >= 0.6 is 15.9 Å². The van der Waals surface area contributed by atoms with Crippen molar-refractivity contribution in [1.82, 2.24) is 15.3 Å². The maximum atomic E-state index is 12.0. The molecule has 0 radical (unpaired) electrons. The molecular weight excluding hydrogens is 310 g/mol. The summed E-state index contributed by atoms with van der Waals surface area (Å²) >= 11 is 3.42. The van der Waals surface area contributed by atoms with Gasteiger partial charge >= 0.3 is 0 Å². The number of fused-ring (bicyclic) bond motifs is 1. The van der Waals surface area contributed by atoms with Gasteiger partial charge in [-0.2, -0.15) is 0 Å². The minimum atomic E-state index is -0.330. The van der Waals surface area contributed by atoms with Crippen LogP contribution in [-0.4, -0.2) is 21.8 Å². The number of nitrogens with zero attached hydrogens (tertiary/aromatic N) is 2. The van der Waals surface area contributed by atoms with Crippen LogP contribution in [0.4, 0.5) is 0 Å². The number of amides is 2. The molecule has 2 heterocycles. The highest BCUT2D eigenvalue weighted by atomic mass is 79.9. The van der Waals surface area contributed by atoms with Gasteiger partial charge in [-0.05, 0) is 24.1 Å². The average molecular weight is 320 g/mol. The summed E-state index contributed by atoms with van der Waals surface area (Å²) in [7, 11) is 0. The lowest BCUT2D eigenvalue weighted by molar-refractivity contribution is -0.134. The Bertz CT molecular complexity index is 687. The van der Waals surface area contributed by atoms with E-state index in [-0.39, 0.29) is 17.7 Å². The molecule has 1 aromatic heterocycles. The summed E-state index contributed by atoms with van der Waals surface area (Å²) in [5.74, 6) is -0.792. The Kier molecular flexibility index (Phi) is 3.02. The monoisotopic (exact) mass is 319 g/mol. The molecule has 1 aliphatic heterocycles. The Morgan fingerprint density at radius 1 is 1.32 bits per heavy atom. The predicted molar refractivity (Wildman–Crippen MR) is 72.4 cm³/mol. The highest BCUT2D eigenvalue weighted by Crippen LogP contribution is 2.32. The van der Waals surface area contributed by atoms with Crippen LogP contribution in [0.1, 0.15) is 24.3 Å². The van der Waals surface area contributed by atoms with Crippen LogP contribution in [0.5, 0.6) is 0 Å². The van der Waals surface area contributed by atoms with E-state index in [0.29, 0.717) is 12.8 Å². The average Bonchev–Trinajstić information content (AvgIpc) is 2.38. The second-order valence-electron chi connectivity index (χ2n) is 4.45. The van der Waals surface area contributed by atoms with Gasteiger partial charge in [0.2, 0.25) is 11.8 Å². The van der Waals surface area contributed by atoms with E-state index in [9.17, 15) is 9.59 Å². The summed E-state index contributed by atoms with van der Waals surface area (Å²) in [4.78, 5) is 31.4. The van der Waals surface area contributed by atoms with Crippen molar-refractivity contribution in [2.45, 2.75) is 18.8 Å². The van der Waals surface area contributed by atoms with Gasteiger partial charge in [-0.25, -0.2) is 9.97 Å². The number of carbonyl (C=O) groups is 2. The lowest BCUT2D eigenvalue weighted by atomic mass is 9.88. The standard InChI is InChI=1S/C13H10BrN3O2/c14-7-3-9(8-1-2-12(18)17-13(8)19)10-5-15-6-16-11(10)4-7/h3-6,8H,1-2H2,(H,17,18,19). The van der Waals surface area contributed by atoms with Crippen LogP contribution in [0.2, 0.25) is 0 Å². The number of aromatic nitrogens is 2. The molecule has 2 amide bonds. The van der Waals surface area contributed by atoms with Crippen LogP contribution in [0.25, 0.3) is 10.9 Å². The number of nitrogens with one attached hydrogen (secondary N) is 1. The fourth-order valence-corrected chi connectivity index (χ4v) is 2.82. The Hall–Kier alpha value is -1.82. The van der Waals surface area contributed by atoms with Crippen LogP contribution in [0.3, 0.4) is 0 Å². The first kappa shape index (κ1) is 12.2. The third-order valence-electron chi connectivity index (χ3n) is 3.24. The van der Waals surface area contributed by atoms with Crippen LogP contribution < -0.4 is 5.32 Å². The zero-order valence-electron chi connectivity index (χ0n) is 9.89. The molecule has 0 saturated carbocycles. The summed E-state index contributed by atoms with van der Waals surface area (Å²) < 4.78 is 0.860. The van der Waals surface area contributed by atoms with Crippen LogP contribution in [0.15, 0.2) is 29.1 Å². The van der Waals surface area contributed by atoms with Crippen molar-refractivity contribution >= 4 is 38.6 Å². The number of halogens is 1. The number of hydrogen-bond acceptors (Lipinski definition) is 4.